The maximum atomic E-state index is 12.7. The minimum atomic E-state index is 0. The van der Waals surface area contributed by atoms with Crippen molar-refractivity contribution >= 4 is 41.5 Å². The Labute approximate surface area is 194 Å². The molecule has 1 aromatic heterocycles. The average molecular weight is 528 g/mol. The summed E-state index contributed by atoms with van der Waals surface area (Å²) < 4.78 is 12.3. The fourth-order valence-corrected chi connectivity index (χ4v) is 3.25. The third-order valence-corrected chi connectivity index (χ3v) is 4.72. The molecule has 0 radical (unpaired) electrons. The van der Waals surface area contributed by atoms with Crippen molar-refractivity contribution in [1.82, 2.24) is 20.0 Å². The smallest absolute Gasteiger partial charge is 0.246 e. The monoisotopic (exact) mass is 528 g/mol. The Morgan fingerprint density at radius 3 is 2.60 bits per heavy atom. The molecule has 0 bridgehead atoms. The average Bonchev–Trinajstić information content (AvgIpc) is 3.16. The molecule has 0 aliphatic carbocycles. The van der Waals surface area contributed by atoms with Gasteiger partial charge in [-0.1, -0.05) is 6.07 Å². The highest BCUT2D eigenvalue weighted by atomic mass is 127. The number of amides is 1. The van der Waals surface area contributed by atoms with E-state index < -0.39 is 0 Å². The molecule has 1 aromatic carbocycles. The highest BCUT2D eigenvalue weighted by Crippen LogP contribution is 2.27. The van der Waals surface area contributed by atoms with Crippen LogP contribution in [0.15, 0.2) is 35.6 Å². The van der Waals surface area contributed by atoms with E-state index in [0.717, 1.165) is 23.8 Å². The number of nitrogens with zero attached hydrogens (tertiary/aromatic N) is 5. The van der Waals surface area contributed by atoms with E-state index >= 15 is 0 Å². The van der Waals surface area contributed by atoms with Gasteiger partial charge in [-0.25, -0.2) is 4.99 Å². The number of carbonyl (C=O) groups is 1. The Kier molecular flexibility index (Phi) is 8.75. The van der Waals surface area contributed by atoms with Crippen LogP contribution in [0.1, 0.15) is 12.5 Å². The minimum Gasteiger partial charge on any atom is -0.493 e. The summed E-state index contributed by atoms with van der Waals surface area (Å²) in [5, 5.41) is 7.44. The zero-order valence-electron chi connectivity index (χ0n) is 17.8. The van der Waals surface area contributed by atoms with Gasteiger partial charge in [-0.15, -0.1) is 24.0 Å². The van der Waals surface area contributed by atoms with Crippen LogP contribution in [0.4, 0.5) is 5.69 Å². The van der Waals surface area contributed by atoms with Crippen molar-refractivity contribution in [2.75, 3.05) is 45.3 Å². The number of benzene rings is 1. The number of hydrogen-bond acceptors (Lipinski definition) is 5. The summed E-state index contributed by atoms with van der Waals surface area (Å²) in [5.74, 6) is 2.11. The van der Waals surface area contributed by atoms with Gasteiger partial charge in [-0.05, 0) is 24.6 Å². The van der Waals surface area contributed by atoms with Gasteiger partial charge in [0.15, 0.2) is 17.5 Å². The van der Waals surface area contributed by atoms with E-state index in [4.69, 9.17) is 14.5 Å². The first kappa shape index (κ1) is 23.8. The molecule has 3 rings (SSSR count). The predicted octanol–water partition coefficient (Wildman–Crippen LogP) is 1.87. The molecule has 1 fully saturated rings. The van der Waals surface area contributed by atoms with Crippen LogP contribution < -0.4 is 19.7 Å². The quantitative estimate of drug-likeness (QED) is 0.350. The molecule has 164 valence electrons. The van der Waals surface area contributed by atoms with Crippen molar-refractivity contribution in [2.24, 2.45) is 12.0 Å². The van der Waals surface area contributed by atoms with Crippen LogP contribution >= 0.6 is 24.0 Å². The second kappa shape index (κ2) is 11.0. The van der Waals surface area contributed by atoms with Crippen molar-refractivity contribution in [3.8, 4) is 11.5 Å². The Morgan fingerprint density at radius 2 is 2.00 bits per heavy atom. The van der Waals surface area contributed by atoms with Crippen molar-refractivity contribution in [3.05, 3.63) is 36.2 Å². The number of aromatic nitrogens is 2. The normalized spacial score (nSPS) is 14.4. The summed E-state index contributed by atoms with van der Waals surface area (Å²) in [7, 11) is 5.07. The molecule has 0 atom stereocenters. The Balaban J connectivity index is 0.00000320. The SMILES string of the molecule is CCNC(=NCc1ccc(OC)c(OC)c1)N1CCN(c2cnn(C)c2)C(=O)C1.I. The van der Waals surface area contributed by atoms with Gasteiger partial charge in [0.05, 0.1) is 32.6 Å². The van der Waals surface area contributed by atoms with E-state index in [0.29, 0.717) is 31.1 Å². The van der Waals surface area contributed by atoms with E-state index in [-0.39, 0.29) is 36.4 Å². The van der Waals surface area contributed by atoms with Gasteiger partial charge in [-0.3, -0.25) is 9.48 Å². The number of nitrogens with one attached hydrogen (secondary N) is 1. The second-order valence-electron chi connectivity index (χ2n) is 6.70. The van der Waals surface area contributed by atoms with Gasteiger partial charge in [0.1, 0.15) is 6.54 Å². The van der Waals surface area contributed by atoms with Gasteiger partial charge in [0.2, 0.25) is 5.91 Å². The summed E-state index contributed by atoms with van der Waals surface area (Å²) in [6, 6.07) is 5.74. The number of aliphatic imine (C=N–C) groups is 1. The van der Waals surface area contributed by atoms with Gasteiger partial charge in [0, 0.05) is 32.9 Å². The molecule has 1 amide bonds. The molecular weight excluding hydrogens is 499 g/mol. The molecule has 1 saturated heterocycles. The fourth-order valence-electron chi connectivity index (χ4n) is 3.25. The molecule has 2 aromatic rings. The first-order valence-electron chi connectivity index (χ1n) is 9.58. The van der Waals surface area contributed by atoms with Crippen LogP contribution in [0, 0.1) is 0 Å². The highest BCUT2D eigenvalue weighted by Gasteiger charge is 2.27. The third-order valence-electron chi connectivity index (χ3n) is 4.72. The summed E-state index contributed by atoms with van der Waals surface area (Å²) in [4.78, 5) is 21.2. The van der Waals surface area contributed by atoms with E-state index in [2.05, 4.69) is 10.4 Å². The lowest BCUT2D eigenvalue weighted by Gasteiger charge is -2.35. The number of ether oxygens (including phenoxy) is 2. The Hall–Kier alpha value is -2.50. The molecule has 0 unspecified atom stereocenters. The van der Waals surface area contributed by atoms with Gasteiger partial charge >= 0.3 is 0 Å². The molecule has 9 nitrogen and oxygen atoms in total. The molecule has 0 spiro atoms. The van der Waals surface area contributed by atoms with E-state index in [1.165, 1.54) is 0 Å². The number of anilines is 1. The first-order chi connectivity index (χ1) is 14.0. The lowest BCUT2D eigenvalue weighted by atomic mass is 10.2. The van der Waals surface area contributed by atoms with Crippen LogP contribution in [0.5, 0.6) is 11.5 Å². The topological polar surface area (TPSA) is 84.2 Å². The number of piperazine rings is 1. The lowest BCUT2D eigenvalue weighted by molar-refractivity contribution is -0.120. The van der Waals surface area contributed by atoms with Gasteiger partial charge in [-0.2, -0.15) is 5.10 Å². The molecule has 30 heavy (non-hydrogen) atoms. The maximum Gasteiger partial charge on any atom is 0.246 e. The summed E-state index contributed by atoms with van der Waals surface area (Å²) in [5.41, 5.74) is 1.82. The van der Waals surface area contributed by atoms with Crippen LogP contribution in [0.2, 0.25) is 0 Å². The van der Waals surface area contributed by atoms with Gasteiger partial charge in [0.25, 0.3) is 0 Å². The number of rotatable bonds is 6. The van der Waals surface area contributed by atoms with Crippen LogP contribution in [0.25, 0.3) is 0 Å². The van der Waals surface area contributed by atoms with Crippen LogP contribution in [-0.4, -0.2) is 66.9 Å². The highest BCUT2D eigenvalue weighted by molar-refractivity contribution is 14.0. The summed E-state index contributed by atoms with van der Waals surface area (Å²) in [6.07, 6.45) is 3.56. The third kappa shape index (κ3) is 5.55. The van der Waals surface area contributed by atoms with E-state index in [9.17, 15) is 4.79 Å². The number of guanidine groups is 1. The standard InChI is InChI=1S/C20H28N6O3.HI/c1-5-21-20(22-11-15-6-7-17(28-3)18(10-15)29-4)25-8-9-26(19(27)14-25)16-12-23-24(2)13-16;/h6-7,10,12-13H,5,8-9,11,14H2,1-4H3,(H,21,22);1H. The largest absolute Gasteiger partial charge is 0.493 e. The molecule has 10 heteroatoms. The number of carbonyl (C=O) groups excluding carboxylic acids is 1. The molecule has 1 N–H and O–H groups in total. The lowest BCUT2D eigenvalue weighted by Crippen LogP contribution is -2.55. The molecule has 2 heterocycles. The van der Waals surface area contributed by atoms with E-state index in [1.807, 2.05) is 43.3 Å². The minimum absolute atomic E-state index is 0. The van der Waals surface area contributed by atoms with Crippen LogP contribution in [-0.2, 0) is 18.4 Å². The Bertz CT molecular complexity index is 885. The fraction of sp³-hybridized carbons (Fsp3) is 0.450. The molecular formula is C20H29IN6O3. The van der Waals surface area contributed by atoms with Gasteiger partial charge < -0.3 is 24.6 Å². The zero-order valence-corrected chi connectivity index (χ0v) is 20.1. The predicted molar refractivity (Wildman–Crippen MR) is 127 cm³/mol. The number of aryl methyl sites for hydroxylation is 1. The molecule has 1 aliphatic heterocycles. The van der Waals surface area contributed by atoms with E-state index in [1.54, 1.807) is 30.0 Å². The Morgan fingerprint density at radius 1 is 1.23 bits per heavy atom. The summed E-state index contributed by atoms with van der Waals surface area (Å²) in [6.45, 7) is 4.76. The first-order valence-corrected chi connectivity index (χ1v) is 9.58. The summed E-state index contributed by atoms with van der Waals surface area (Å²) >= 11 is 0. The number of methoxy groups -OCH3 is 2. The number of halogens is 1. The van der Waals surface area contributed by atoms with Crippen molar-refractivity contribution in [2.45, 2.75) is 13.5 Å². The molecule has 0 saturated carbocycles. The van der Waals surface area contributed by atoms with Crippen molar-refractivity contribution in [1.29, 1.82) is 0 Å². The maximum absolute atomic E-state index is 12.7. The number of hydrogen-bond donors (Lipinski definition) is 1. The van der Waals surface area contributed by atoms with Crippen molar-refractivity contribution in [3.63, 3.8) is 0 Å². The van der Waals surface area contributed by atoms with Crippen molar-refractivity contribution < 1.29 is 14.3 Å². The zero-order chi connectivity index (χ0) is 20.8. The van der Waals surface area contributed by atoms with Crippen LogP contribution in [0.3, 0.4) is 0 Å². The second-order valence-corrected chi connectivity index (χ2v) is 6.70. The molecule has 1 aliphatic rings.